The number of aromatic amines is 1. The number of fused-ring (bicyclic) bond motifs is 1. The van der Waals surface area contributed by atoms with Gasteiger partial charge < -0.3 is 4.98 Å². The normalized spacial score (nSPS) is 26.6. The summed E-state index contributed by atoms with van der Waals surface area (Å²) >= 11 is 0. The number of nitrogens with one attached hydrogen (secondary N) is 1. The van der Waals surface area contributed by atoms with Crippen molar-refractivity contribution < 1.29 is 14.8 Å². The Morgan fingerprint density at radius 2 is 2.21 bits per heavy atom. The van der Waals surface area contributed by atoms with Crippen LogP contribution in [0.25, 0.3) is 0 Å². The van der Waals surface area contributed by atoms with E-state index in [0.717, 1.165) is 4.90 Å². The van der Waals surface area contributed by atoms with E-state index in [-0.39, 0.29) is 11.5 Å². The molecule has 1 aromatic rings. The second-order valence-electron chi connectivity index (χ2n) is 3.21. The zero-order chi connectivity index (χ0) is 10.5. The van der Waals surface area contributed by atoms with Crippen LogP contribution in [0.2, 0.25) is 0 Å². The fourth-order valence-corrected chi connectivity index (χ4v) is 1.41. The van der Waals surface area contributed by atoms with Gasteiger partial charge in [-0.1, -0.05) is 4.65 Å². The van der Waals surface area contributed by atoms with E-state index in [4.69, 9.17) is 0 Å². The van der Waals surface area contributed by atoms with E-state index >= 15 is 0 Å². The molecule has 1 unspecified atom stereocenters. The summed E-state index contributed by atoms with van der Waals surface area (Å²) in [7, 11) is 2.56. The lowest BCUT2D eigenvalue weighted by atomic mass is 10.3. The number of hydrogen-bond donors (Lipinski definition) is 2. The number of aromatic nitrogens is 2. The molecule has 74 valence electrons. The van der Waals surface area contributed by atoms with Crippen molar-refractivity contribution in [1.29, 1.82) is 0 Å². The molecule has 2 heterocycles. The number of H-pyrrole nitrogens is 1. The Bertz CT molecular complexity index is 422. The van der Waals surface area contributed by atoms with Crippen LogP contribution < -0.4 is 4.65 Å². The van der Waals surface area contributed by atoms with Gasteiger partial charge in [0.05, 0.1) is 6.33 Å². The van der Waals surface area contributed by atoms with E-state index in [1.165, 1.54) is 20.4 Å². The highest BCUT2D eigenvalue weighted by atomic mass is 16.6. The number of imidazole rings is 1. The molecule has 0 fully saturated rings. The average molecular weight is 197 g/mol. The van der Waals surface area contributed by atoms with Gasteiger partial charge in [-0.25, -0.2) is 14.9 Å². The first-order valence-corrected chi connectivity index (χ1v) is 3.92. The molecule has 1 aliphatic rings. The number of urea groups is 1. The van der Waals surface area contributed by atoms with E-state index in [0.29, 0.717) is 0 Å². The summed E-state index contributed by atoms with van der Waals surface area (Å²) < 4.78 is -1.04. The smallest absolute Gasteiger partial charge is 0.335 e. The summed E-state index contributed by atoms with van der Waals surface area (Å²) in [6.07, 6.45) is 1.27. The van der Waals surface area contributed by atoms with Crippen molar-refractivity contribution in [3.05, 3.63) is 12.0 Å². The van der Waals surface area contributed by atoms with Crippen LogP contribution in [-0.2, 0) is 0 Å². The molecule has 2 N–H and O–H groups in total. The maximum absolute atomic E-state index is 11.5. The Hall–Kier alpha value is -1.73. The van der Waals surface area contributed by atoms with E-state index in [9.17, 15) is 14.8 Å². The van der Waals surface area contributed by atoms with E-state index in [1.807, 2.05) is 0 Å². The zero-order valence-corrected chi connectivity index (χ0v) is 7.68. The van der Waals surface area contributed by atoms with Gasteiger partial charge in [-0.3, -0.25) is 4.79 Å². The summed E-state index contributed by atoms with van der Waals surface area (Å²) in [6.45, 7) is 0. The first-order chi connectivity index (χ1) is 6.46. The molecule has 7 heteroatoms. The number of amides is 3. The molecule has 1 atom stereocenters. The number of imide groups is 1. The Labute approximate surface area is 79.1 Å². The SMILES string of the molecule is CN1C(=O)c2[nH]cnc2[N+](C)(O)C1=O. The van der Waals surface area contributed by atoms with Crippen molar-refractivity contribution in [3.63, 3.8) is 0 Å². The molecule has 1 aromatic heterocycles. The van der Waals surface area contributed by atoms with Crippen molar-refractivity contribution in [3.8, 4) is 0 Å². The van der Waals surface area contributed by atoms with Crippen LogP contribution in [0.4, 0.5) is 10.6 Å². The number of rotatable bonds is 0. The van der Waals surface area contributed by atoms with Gasteiger partial charge in [0.2, 0.25) is 0 Å². The molecule has 3 amide bonds. The lowest BCUT2D eigenvalue weighted by Gasteiger charge is -2.28. The lowest BCUT2D eigenvalue weighted by Crippen LogP contribution is -2.59. The van der Waals surface area contributed by atoms with Crippen molar-refractivity contribution in [2.24, 2.45) is 0 Å². The molecule has 0 bridgehead atoms. The molecular formula is C7H9N4O3+. The molecule has 0 spiro atoms. The van der Waals surface area contributed by atoms with Crippen molar-refractivity contribution in [2.45, 2.75) is 0 Å². The minimum absolute atomic E-state index is 0.0260. The molecule has 7 nitrogen and oxygen atoms in total. The van der Waals surface area contributed by atoms with Crippen LogP contribution in [0.5, 0.6) is 0 Å². The van der Waals surface area contributed by atoms with Crippen LogP contribution in [-0.4, -0.2) is 46.1 Å². The van der Waals surface area contributed by atoms with Gasteiger partial charge in [0.25, 0.3) is 5.91 Å². The van der Waals surface area contributed by atoms with Crippen LogP contribution in [0, 0.1) is 0 Å². The first-order valence-electron chi connectivity index (χ1n) is 3.92. The van der Waals surface area contributed by atoms with Gasteiger partial charge in [-0.2, -0.15) is 4.98 Å². The molecule has 2 rings (SSSR count). The number of nitrogens with zero attached hydrogens (tertiary/aromatic N) is 3. The number of carbonyl (C=O) groups excluding carboxylic acids is 2. The second-order valence-corrected chi connectivity index (χ2v) is 3.21. The molecule has 0 radical (unpaired) electrons. The Balaban J connectivity index is 2.68. The van der Waals surface area contributed by atoms with Crippen molar-refractivity contribution in [2.75, 3.05) is 14.1 Å². The van der Waals surface area contributed by atoms with E-state index < -0.39 is 16.6 Å². The average Bonchev–Trinajstić information content (AvgIpc) is 2.61. The number of hydrogen-bond acceptors (Lipinski definition) is 4. The minimum atomic E-state index is -1.04. The monoisotopic (exact) mass is 197 g/mol. The zero-order valence-electron chi connectivity index (χ0n) is 7.68. The first kappa shape index (κ1) is 8.85. The molecular weight excluding hydrogens is 188 g/mol. The minimum Gasteiger partial charge on any atom is -0.335 e. The second kappa shape index (κ2) is 2.40. The Morgan fingerprint density at radius 1 is 1.57 bits per heavy atom. The van der Waals surface area contributed by atoms with Crippen LogP contribution in [0.3, 0.4) is 0 Å². The third-order valence-electron chi connectivity index (χ3n) is 2.21. The fourth-order valence-electron chi connectivity index (χ4n) is 1.41. The largest absolute Gasteiger partial charge is 0.464 e. The molecule has 14 heavy (non-hydrogen) atoms. The number of carbonyl (C=O) groups is 2. The topological polar surface area (TPSA) is 86.3 Å². The maximum atomic E-state index is 11.5. The van der Waals surface area contributed by atoms with Gasteiger partial charge in [0.1, 0.15) is 7.05 Å². The summed E-state index contributed by atoms with van der Waals surface area (Å²) in [5.41, 5.74) is 0.136. The summed E-state index contributed by atoms with van der Waals surface area (Å²) in [4.78, 5) is 30.2. The van der Waals surface area contributed by atoms with Crippen LogP contribution in [0.15, 0.2) is 6.33 Å². The molecule has 1 aliphatic heterocycles. The highest BCUT2D eigenvalue weighted by Crippen LogP contribution is 2.27. The molecule has 0 aliphatic carbocycles. The van der Waals surface area contributed by atoms with Crippen LogP contribution >= 0.6 is 0 Å². The standard InChI is InChI=1S/C7H8N4O3/c1-10-6(12)4-5(9-3-8-4)11(2,14)7(10)13/h3,14H,1-2H3/p+1. The van der Waals surface area contributed by atoms with Gasteiger partial charge in [0.15, 0.2) is 5.69 Å². The van der Waals surface area contributed by atoms with E-state index in [1.54, 1.807) is 0 Å². The number of hydroxylamine groups is 2. The van der Waals surface area contributed by atoms with Gasteiger partial charge in [-0.15, -0.1) is 0 Å². The highest BCUT2D eigenvalue weighted by Gasteiger charge is 2.50. The molecule has 0 saturated heterocycles. The Morgan fingerprint density at radius 3 is 2.86 bits per heavy atom. The van der Waals surface area contributed by atoms with Gasteiger partial charge in [-0.05, 0) is 0 Å². The molecule has 0 saturated carbocycles. The van der Waals surface area contributed by atoms with Crippen molar-refractivity contribution >= 4 is 17.8 Å². The summed E-state index contributed by atoms with van der Waals surface area (Å²) in [6, 6.07) is -0.727. The number of quaternary nitrogens is 1. The van der Waals surface area contributed by atoms with E-state index in [2.05, 4.69) is 9.97 Å². The van der Waals surface area contributed by atoms with Gasteiger partial charge >= 0.3 is 11.8 Å². The van der Waals surface area contributed by atoms with Crippen molar-refractivity contribution in [1.82, 2.24) is 19.5 Å². The summed E-state index contributed by atoms with van der Waals surface area (Å²) in [5.74, 6) is -0.467. The third kappa shape index (κ3) is 0.847. The predicted octanol–water partition coefficient (Wildman–Crippen LogP) is -0.0584. The molecule has 0 aromatic carbocycles. The Kier molecular flexibility index (Phi) is 1.52. The van der Waals surface area contributed by atoms with Gasteiger partial charge in [0, 0.05) is 7.05 Å². The lowest BCUT2D eigenvalue weighted by molar-refractivity contribution is -0.0295. The fraction of sp³-hybridized carbons (Fsp3) is 0.286. The quantitative estimate of drug-likeness (QED) is 0.450. The predicted molar refractivity (Wildman–Crippen MR) is 45.6 cm³/mol. The summed E-state index contributed by atoms with van der Waals surface area (Å²) in [5, 5.41) is 9.78. The maximum Gasteiger partial charge on any atom is 0.464 e. The third-order valence-corrected chi connectivity index (χ3v) is 2.21. The highest BCUT2D eigenvalue weighted by molar-refractivity contribution is 6.11. The van der Waals surface area contributed by atoms with Crippen LogP contribution in [0.1, 0.15) is 10.5 Å².